The predicted octanol–water partition coefficient (Wildman–Crippen LogP) is 1.92. The first kappa shape index (κ1) is 15.9. The number of anilines is 3. The first-order chi connectivity index (χ1) is 11.5. The maximum absolute atomic E-state index is 12.6. The highest BCUT2D eigenvalue weighted by Gasteiger charge is 2.46. The van der Waals surface area contributed by atoms with Gasteiger partial charge in [-0.15, -0.1) is 0 Å². The van der Waals surface area contributed by atoms with Crippen molar-refractivity contribution in [1.29, 1.82) is 5.26 Å². The highest BCUT2D eigenvalue weighted by Crippen LogP contribution is 2.36. The quantitative estimate of drug-likeness (QED) is 0.922. The molecule has 1 saturated heterocycles. The van der Waals surface area contributed by atoms with Crippen LogP contribution in [0, 0.1) is 23.7 Å². The summed E-state index contributed by atoms with van der Waals surface area (Å²) in [6, 6.07) is 3.86. The summed E-state index contributed by atoms with van der Waals surface area (Å²) in [5.41, 5.74) is 0.707. The van der Waals surface area contributed by atoms with Crippen LogP contribution in [0.4, 0.5) is 17.5 Å². The molecule has 24 heavy (non-hydrogen) atoms. The van der Waals surface area contributed by atoms with Gasteiger partial charge in [0.15, 0.2) is 0 Å². The molecular formula is C16H19N7O. The number of aromatic nitrogens is 4. The van der Waals surface area contributed by atoms with Crippen LogP contribution in [0.5, 0.6) is 0 Å². The fraction of sp³-hybridized carbons (Fsp3) is 0.438. The Bertz CT molecular complexity index is 822. The van der Waals surface area contributed by atoms with E-state index in [4.69, 9.17) is 0 Å². The smallest absolute Gasteiger partial charge is 0.248 e. The highest BCUT2D eigenvalue weighted by molar-refractivity contribution is 6.01. The Morgan fingerprint density at radius 1 is 1.50 bits per heavy atom. The van der Waals surface area contributed by atoms with Crippen molar-refractivity contribution in [1.82, 2.24) is 19.7 Å². The van der Waals surface area contributed by atoms with Crippen LogP contribution >= 0.6 is 0 Å². The lowest BCUT2D eigenvalue weighted by molar-refractivity contribution is -0.123. The number of carbonyl (C=O) groups is 1. The Morgan fingerprint density at radius 2 is 2.29 bits per heavy atom. The standard InChI is InChI=1S/C16H19N7O/c1-4-16(10-17)6-8-23(14(16)24)13-5-7-18-15(20-13)19-12-9-22(3)21-11(12)2/h5,7,9H,4,6,8H2,1-3H3,(H,18,19,20)/t16-/m1/s1. The van der Waals surface area contributed by atoms with E-state index >= 15 is 0 Å². The first-order valence-electron chi connectivity index (χ1n) is 7.82. The van der Waals surface area contributed by atoms with E-state index in [1.807, 2.05) is 27.1 Å². The van der Waals surface area contributed by atoms with Gasteiger partial charge in [-0.1, -0.05) is 6.92 Å². The average molecular weight is 325 g/mol. The van der Waals surface area contributed by atoms with Gasteiger partial charge in [0, 0.05) is 26.0 Å². The number of hydrogen-bond acceptors (Lipinski definition) is 6. The largest absolute Gasteiger partial charge is 0.321 e. The summed E-state index contributed by atoms with van der Waals surface area (Å²) in [7, 11) is 1.84. The molecule has 3 heterocycles. The van der Waals surface area contributed by atoms with Gasteiger partial charge in [0.05, 0.1) is 17.5 Å². The maximum atomic E-state index is 12.6. The Balaban J connectivity index is 1.85. The van der Waals surface area contributed by atoms with Crippen LogP contribution < -0.4 is 10.2 Å². The molecule has 0 bridgehead atoms. The van der Waals surface area contributed by atoms with Gasteiger partial charge in [-0.3, -0.25) is 14.4 Å². The van der Waals surface area contributed by atoms with Crippen molar-refractivity contribution in [2.75, 3.05) is 16.8 Å². The van der Waals surface area contributed by atoms with Gasteiger partial charge in [-0.25, -0.2) is 4.98 Å². The van der Waals surface area contributed by atoms with Gasteiger partial charge < -0.3 is 5.32 Å². The summed E-state index contributed by atoms with van der Waals surface area (Å²) in [5.74, 6) is 0.710. The van der Waals surface area contributed by atoms with Crippen LogP contribution in [-0.2, 0) is 11.8 Å². The fourth-order valence-corrected chi connectivity index (χ4v) is 2.90. The third-order valence-corrected chi connectivity index (χ3v) is 4.41. The molecule has 0 radical (unpaired) electrons. The molecule has 1 N–H and O–H groups in total. The molecule has 0 spiro atoms. The van der Waals surface area contributed by atoms with Gasteiger partial charge in [-0.2, -0.15) is 15.3 Å². The summed E-state index contributed by atoms with van der Waals surface area (Å²) in [6.45, 7) is 4.24. The molecule has 0 aliphatic carbocycles. The second kappa shape index (κ2) is 5.92. The molecular weight excluding hydrogens is 306 g/mol. The predicted molar refractivity (Wildman–Crippen MR) is 88.6 cm³/mol. The zero-order valence-electron chi connectivity index (χ0n) is 13.9. The van der Waals surface area contributed by atoms with Gasteiger partial charge in [0.2, 0.25) is 11.9 Å². The summed E-state index contributed by atoms with van der Waals surface area (Å²) in [5, 5.41) is 16.8. The van der Waals surface area contributed by atoms with E-state index in [0.717, 1.165) is 11.4 Å². The van der Waals surface area contributed by atoms with Gasteiger partial charge in [0.25, 0.3) is 0 Å². The van der Waals surface area contributed by atoms with Crippen LogP contribution in [0.15, 0.2) is 18.5 Å². The van der Waals surface area contributed by atoms with Crippen molar-refractivity contribution >= 4 is 23.4 Å². The van der Waals surface area contributed by atoms with Crippen LogP contribution in [0.2, 0.25) is 0 Å². The first-order valence-corrected chi connectivity index (χ1v) is 7.82. The number of hydrogen-bond donors (Lipinski definition) is 1. The van der Waals surface area contributed by atoms with E-state index in [0.29, 0.717) is 31.2 Å². The summed E-state index contributed by atoms with van der Waals surface area (Å²) < 4.78 is 1.70. The van der Waals surface area contributed by atoms with Crippen molar-refractivity contribution in [3.05, 3.63) is 24.2 Å². The lowest BCUT2D eigenvalue weighted by Crippen LogP contribution is -2.33. The fourth-order valence-electron chi connectivity index (χ4n) is 2.90. The summed E-state index contributed by atoms with van der Waals surface area (Å²) in [4.78, 5) is 22.8. The van der Waals surface area contributed by atoms with Gasteiger partial charge >= 0.3 is 0 Å². The number of nitrogens with zero attached hydrogens (tertiary/aromatic N) is 6. The highest BCUT2D eigenvalue weighted by atomic mass is 16.2. The molecule has 1 aliphatic heterocycles. The van der Waals surface area contributed by atoms with Crippen LogP contribution in [0.25, 0.3) is 0 Å². The molecule has 2 aromatic rings. The van der Waals surface area contributed by atoms with Crippen molar-refractivity contribution in [2.45, 2.75) is 26.7 Å². The zero-order valence-corrected chi connectivity index (χ0v) is 13.9. The van der Waals surface area contributed by atoms with Crippen LogP contribution in [0.3, 0.4) is 0 Å². The Kier molecular flexibility index (Phi) is 3.93. The third-order valence-electron chi connectivity index (χ3n) is 4.41. The molecule has 8 nitrogen and oxygen atoms in total. The summed E-state index contributed by atoms with van der Waals surface area (Å²) >= 11 is 0. The van der Waals surface area contributed by atoms with Crippen molar-refractivity contribution in [2.24, 2.45) is 12.5 Å². The van der Waals surface area contributed by atoms with Gasteiger partial charge in [-0.05, 0) is 25.8 Å². The molecule has 124 valence electrons. The number of carbonyl (C=O) groups excluding carboxylic acids is 1. The minimum absolute atomic E-state index is 0.185. The lowest BCUT2D eigenvalue weighted by atomic mass is 9.85. The Hall–Kier alpha value is -2.95. The second-order valence-electron chi connectivity index (χ2n) is 5.92. The molecule has 0 aromatic carbocycles. The van der Waals surface area contributed by atoms with E-state index < -0.39 is 5.41 Å². The monoisotopic (exact) mass is 325 g/mol. The molecule has 3 rings (SSSR count). The van der Waals surface area contributed by atoms with Crippen LogP contribution in [0.1, 0.15) is 25.5 Å². The Labute approximate surface area is 140 Å². The second-order valence-corrected chi connectivity index (χ2v) is 5.92. The number of rotatable bonds is 4. The molecule has 1 fully saturated rings. The van der Waals surface area contributed by atoms with Crippen LogP contribution in [-0.4, -0.2) is 32.2 Å². The molecule has 1 amide bonds. The van der Waals surface area contributed by atoms with Crippen molar-refractivity contribution in [3.8, 4) is 6.07 Å². The molecule has 0 saturated carbocycles. The van der Waals surface area contributed by atoms with E-state index in [1.54, 1.807) is 21.8 Å². The molecule has 8 heteroatoms. The van der Waals surface area contributed by atoms with E-state index in [2.05, 4.69) is 26.5 Å². The summed E-state index contributed by atoms with van der Waals surface area (Å²) in [6.07, 6.45) is 4.46. The topological polar surface area (TPSA) is 99.7 Å². The average Bonchev–Trinajstić information content (AvgIpc) is 3.07. The number of nitrogens with one attached hydrogen (secondary N) is 1. The van der Waals surface area contributed by atoms with Crippen molar-refractivity contribution < 1.29 is 4.79 Å². The minimum atomic E-state index is -0.932. The normalized spacial score (nSPS) is 20.2. The van der Waals surface area contributed by atoms with E-state index in [-0.39, 0.29) is 5.91 Å². The molecule has 1 aliphatic rings. The number of amides is 1. The van der Waals surface area contributed by atoms with E-state index in [9.17, 15) is 10.1 Å². The maximum Gasteiger partial charge on any atom is 0.248 e. The third kappa shape index (κ3) is 2.58. The van der Waals surface area contributed by atoms with Crippen molar-refractivity contribution in [3.63, 3.8) is 0 Å². The zero-order chi connectivity index (χ0) is 17.3. The molecule has 2 aromatic heterocycles. The minimum Gasteiger partial charge on any atom is -0.321 e. The SMILES string of the molecule is CC[C@]1(C#N)CCN(c2ccnc(Nc3cn(C)nc3C)n2)C1=O. The Morgan fingerprint density at radius 3 is 2.88 bits per heavy atom. The lowest BCUT2D eigenvalue weighted by Gasteiger charge is -2.19. The van der Waals surface area contributed by atoms with Gasteiger partial charge in [0.1, 0.15) is 11.2 Å². The number of aryl methyl sites for hydroxylation is 2. The van der Waals surface area contributed by atoms with E-state index in [1.165, 1.54) is 0 Å². The number of nitriles is 1. The molecule has 0 unspecified atom stereocenters. The molecule has 1 atom stereocenters.